The Bertz CT molecular complexity index is 489. The van der Waals surface area contributed by atoms with Crippen LogP contribution in [0.15, 0.2) is 18.2 Å². The third kappa shape index (κ3) is 3.96. The number of nitrogens with two attached hydrogens (primary N) is 1. The summed E-state index contributed by atoms with van der Waals surface area (Å²) in [5.41, 5.74) is 6.63. The lowest BCUT2D eigenvalue weighted by molar-refractivity contribution is -0.117. The number of anilines is 1. The summed E-state index contributed by atoms with van der Waals surface area (Å²) in [6.45, 7) is 1.96. The van der Waals surface area contributed by atoms with Gasteiger partial charge in [0.15, 0.2) is 0 Å². The van der Waals surface area contributed by atoms with Crippen LogP contribution in [-0.2, 0) is 4.79 Å². The van der Waals surface area contributed by atoms with Crippen molar-refractivity contribution in [3.05, 3.63) is 23.8 Å². The molecule has 4 N–H and O–H groups in total. The first-order valence-corrected chi connectivity index (χ1v) is 6.50. The van der Waals surface area contributed by atoms with Gasteiger partial charge >= 0.3 is 0 Å². The molecule has 0 aromatic heterocycles. The van der Waals surface area contributed by atoms with E-state index in [1.165, 1.54) is 7.11 Å². The van der Waals surface area contributed by atoms with Gasteiger partial charge in [-0.05, 0) is 24.6 Å². The van der Waals surface area contributed by atoms with Crippen molar-refractivity contribution in [1.82, 2.24) is 5.32 Å². The number of methoxy groups -OCH3 is 1. The Kier molecular flexibility index (Phi) is 5.99. The largest absolute Gasteiger partial charge is 0.495 e. The zero-order chi connectivity index (χ0) is 15.1. The van der Waals surface area contributed by atoms with Gasteiger partial charge in [0, 0.05) is 12.6 Å². The average Bonchev–Trinajstić information content (AvgIpc) is 2.46. The molecule has 0 heterocycles. The summed E-state index contributed by atoms with van der Waals surface area (Å²) in [5.74, 6) is -0.0464. The van der Waals surface area contributed by atoms with Crippen LogP contribution in [0.5, 0.6) is 5.75 Å². The topological polar surface area (TPSA) is 93.5 Å². The van der Waals surface area contributed by atoms with Crippen molar-refractivity contribution < 1.29 is 14.3 Å². The molecule has 1 atom stereocenters. The number of ether oxygens (including phenoxy) is 1. The van der Waals surface area contributed by atoms with Crippen LogP contribution < -0.4 is 21.1 Å². The number of benzene rings is 1. The smallest absolute Gasteiger partial charge is 0.251 e. The fraction of sp³-hybridized carbons (Fsp3) is 0.429. The van der Waals surface area contributed by atoms with E-state index in [9.17, 15) is 9.59 Å². The molecule has 0 radical (unpaired) electrons. The van der Waals surface area contributed by atoms with E-state index in [0.717, 1.165) is 6.42 Å². The number of amides is 2. The van der Waals surface area contributed by atoms with E-state index in [1.54, 1.807) is 25.2 Å². The molecule has 6 nitrogen and oxygen atoms in total. The first-order chi connectivity index (χ1) is 9.53. The van der Waals surface area contributed by atoms with Gasteiger partial charge in [0.1, 0.15) is 5.75 Å². The summed E-state index contributed by atoms with van der Waals surface area (Å²) in [5, 5.41) is 5.22. The highest BCUT2D eigenvalue weighted by Gasteiger charge is 2.16. The minimum Gasteiger partial charge on any atom is -0.495 e. The van der Waals surface area contributed by atoms with Gasteiger partial charge in [-0.3, -0.25) is 9.59 Å². The van der Waals surface area contributed by atoms with E-state index in [2.05, 4.69) is 10.6 Å². The summed E-state index contributed by atoms with van der Waals surface area (Å²) < 4.78 is 5.17. The van der Waals surface area contributed by atoms with Crippen LogP contribution >= 0.6 is 0 Å². The first kappa shape index (κ1) is 16.0. The zero-order valence-corrected chi connectivity index (χ0v) is 12.0. The molecule has 1 aromatic rings. The van der Waals surface area contributed by atoms with Gasteiger partial charge in [0.25, 0.3) is 5.91 Å². The molecule has 1 rings (SSSR count). The second-order valence-corrected chi connectivity index (χ2v) is 4.38. The predicted octanol–water partition coefficient (Wildman–Crippen LogP) is 1.12. The van der Waals surface area contributed by atoms with Crippen molar-refractivity contribution in [2.45, 2.75) is 25.8 Å². The maximum absolute atomic E-state index is 11.9. The van der Waals surface area contributed by atoms with Gasteiger partial charge < -0.3 is 21.1 Å². The molecule has 0 aliphatic rings. The van der Waals surface area contributed by atoms with Crippen molar-refractivity contribution in [2.75, 3.05) is 19.5 Å². The van der Waals surface area contributed by atoms with Gasteiger partial charge in [0.2, 0.25) is 5.91 Å². The van der Waals surface area contributed by atoms with E-state index in [-0.39, 0.29) is 11.8 Å². The van der Waals surface area contributed by atoms with Crippen LogP contribution in [0.1, 0.15) is 30.1 Å². The highest BCUT2D eigenvalue weighted by Crippen LogP contribution is 2.25. The summed E-state index contributed by atoms with van der Waals surface area (Å²) in [7, 11) is 3.04. The molecule has 6 heteroatoms. The maximum Gasteiger partial charge on any atom is 0.251 e. The minimum absolute atomic E-state index is 0.235. The first-order valence-electron chi connectivity index (χ1n) is 6.50. The van der Waals surface area contributed by atoms with Gasteiger partial charge in [-0.2, -0.15) is 0 Å². The molecule has 0 fully saturated rings. The maximum atomic E-state index is 11.9. The Labute approximate surface area is 118 Å². The molecule has 0 aliphatic carbocycles. The SMILES string of the molecule is CCCC(N)C(=O)Nc1cc(C(=O)NC)ccc1OC. The standard InChI is InChI=1S/C14H21N3O3/c1-4-5-10(15)14(19)17-11-8-9(13(18)16-2)6-7-12(11)20-3/h6-8,10H,4-5,15H2,1-3H3,(H,16,18)(H,17,19). The van der Waals surface area contributed by atoms with E-state index in [4.69, 9.17) is 10.5 Å². The number of carbonyl (C=O) groups is 2. The van der Waals surface area contributed by atoms with Gasteiger partial charge in [-0.25, -0.2) is 0 Å². The summed E-state index contributed by atoms with van der Waals surface area (Å²) in [6, 6.07) is 4.24. The van der Waals surface area contributed by atoms with Crippen molar-refractivity contribution in [3.8, 4) is 5.75 Å². The number of rotatable bonds is 6. The Balaban J connectivity index is 2.96. The molecule has 1 unspecified atom stereocenters. The van der Waals surface area contributed by atoms with E-state index >= 15 is 0 Å². The van der Waals surface area contributed by atoms with E-state index < -0.39 is 6.04 Å². The second kappa shape index (κ2) is 7.49. The molecule has 0 bridgehead atoms. The molecule has 0 aliphatic heterocycles. The van der Waals surface area contributed by atoms with E-state index in [0.29, 0.717) is 23.4 Å². The van der Waals surface area contributed by atoms with Crippen LogP contribution in [-0.4, -0.2) is 32.0 Å². The quantitative estimate of drug-likeness (QED) is 0.727. The summed E-state index contributed by atoms with van der Waals surface area (Å²) >= 11 is 0. The minimum atomic E-state index is -0.576. The molecule has 2 amide bonds. The van der Waals surface area contributed by atoms with Crippen molar-refractivity contribution in [2.24, 2.45) is 5.73 Å². The average molecular weight is 279 g/mol. The fourth-order valence-corrected chi connectivity index (χ4v) is 1.76. The molecular formula is C14H21N3O3. The second-order valence-electron chi connectivity index (χ2n) is 4.38. The van der Waals surface area contributed by atoms with Crippen LogP contribution in [0.4, 0.5) is 5.69 Å². The zero-order valence-electron chi connectivity index (χ0n) is 12.0. The molecular weight excluding hydrogens is 258 g/mol. The Morgan fingerprint density at radius 1 is 1.40 bits per heavy atom. The fourth-order valence-electron chi connectivity index (χ4n) is 1.76. The molecule has 0 saturated carbocycles. The molecule has 0 spiro atoms. The Morgan fingerprint density at radius 2 is 2.10 bits per heavy atom. The Hall–Kier alpha value is -2.08. The van der Waals surface area contributed by atoms with Crippen molar-refractivity contribution in [1.29, 1.82) is 0 Å². The highest BCUT2D eigenvalue weighted by molar-refractivity contribution is 5.99. The van der Waals surface area contributed by atoms with Crippen LogP contribution in [0.2, 0.25) is 0 Å². The van der Waals surface area contributed by atoms with Crippen molar-refractivity contribution in [3.63, 3.8) is 0 Å². The van der Waals surface area contributed by atoms with E-state index in [1.807, 2.05) is 6.92 Å². The number of carbonyl (C=O) groups excluding carboxylic acids is 2. The lowest BCUT2D eigenvalue weighted by Crippen LogP contribution is -2.35. The van der Waals surface area contributed by atoms with Crippen LogP contribution in [0.3, 0.4) is 0 Å². The van der Waals surface area contributed by atoms with Crippen LogP contribution in [0, 0.1) is 0 Å². The molecule has 0 saturated heterocycles. The van der Waals surface area contributed by atoms with Crippen molar-refractivity contribution >= 4 is 17.5 Å². The molecule has 20 heavy (non-hydrogen) atoms. The molecule has 1 aromatic carbocycles. The summed E-state index contributed by atoms with van der Waals surface area (Å²) in [4.78, 5) is 23.5. The molecule has 110 valence electrons. The number of hydrogen-bond acceptors (Lipinski definition) is 4. The normalized spacial score (nSPS) is 11.6. The van der Waals surface area contributed by atoms with Gasteiger partial charge in [-0.1, -0.05) is 13.3 Å². The third-order valence-corrected chi connectivity index (χ3v) is 2.88. The Morgan fingerprint density at radius 3 is 2.65 bits per heavy atom. The summed E-state index contributed by atoms with van der Waals surface area (Å²) in [6.07, 6.45) is 1.42. The third-order valence-electron chi connectivity index (χ3n) is 2.88. The van der Waals surface area contributed by atoms with Crippen LogP contribution in [0.25, 0.3) is 0 Å². The lowest BCUT2D eigenvalue weighted by atomic mass is 10.1. The predicted molar refractivity (Wildman–Crippen MR) is 77.9 cm³/mol. The monoisotopic (exact) mass is 279 g/mol. The van der Waals surface area contributed by atoms with Gasteiger partial charge in [-0.15, -0.1) is 0 Å². The van der Waals surface area contributed by atoms with Gasteiger partial charge in [0.05, 0.1) is 18.8 Å². The number of hydrogen-bond donors (Lipinski definition) is 3. The number of nitrogens with one attached hydrogen (secondary N) is 2. The lowest BCUT2D eigenvalue weighted by Gasteiger charge is -2.14. The highest BCUT2D eigenvalue weighted by atomic mass is 16.5.